The fourth-order valence-electron chi connectivity index (χ4n) is 1.70. The number of hydrogen-bond donors (Lipinski definition) is 2. The van der Waals surface area contributed by atoms with E-state index in [-0.39, 0.29) is 26.0 Å². The molecule has 2 unspecified atom stereocenters. The Hall–Kier alpha value is -0.630. The highest BCUT2D eigenvalue weighted by molar-refractivity contribution is 9.10. The lowest BCUT2D eigenvalue weighted by Crippen LogP contribution is -2.37. The molecule has 0 saturated carbocycles. The number of carbonyl (C=O) groups is 1. The number of amides is 1. The Morgan fingerprint density at radius 2 is 2.00 bits per heavy atom. The van der Waals surface area contributed by atoms with Crippen molar-refractivity contribution in [3.05, 3.63) is 27.2 Å². The average molecular weight is 398 g/mol. The van der Waals surface area contributed by atoms with Crippen molar-refractivity contribution in [1.29, 1.82) is 0 Å². The van der Waals surface area contributed by atoms with Crippen LogP contribution in [-0.2, 0) is 10.0 Å². The summed E-state index contributed by atoms with van der Waals surface area (Å²) >= 11 is 9.09. The van der Waals surface area contributed by atoms with Gasteiger partial charge >= 0.3 is 0 Å². The van der Waals surface area contributed by atoms with Crippen molar-refractivity contribution < 1.29 is 13.2 Å². The van der Waals surface area contributed by atoms with Gasteiger partial charge in [-0.2, -0.15) is 0 Å². The fourth-order valence-corrected chi connectivity index (χ4v) is 3.72. The summed E-state index contributed by atoms with van der Waals surface area (Å²) in [6, 6.07) is 2.48. The Labute approximate surface area is 138 Å². The lowest BCUT2D eigenvalue weighted by molar-refractivity contribution is 0.0928. The van der Waals surface area contributed by atoms with Crippen LogP contribution >= 0.6 is 27.5 Å². The van der Waals surface area contributed by atoms with E-state index in [1.54, 1.807) is 0 Å². The van der Waals surface area contributed by atoms with Gasteiger partial charge in [-0.1, -0.05) is 31.9 Å². The minimum atomic E-state index is -3.94. The quantitative estimate of drug-likeness (QED) is 0.800. The first-order valence-electron chi connectivity index (χ1n) is 6.40. The first-order chi connectivity index (χ1) is 9.57. The van der Waals surface area contributed by atoms with Gasteiger partial charge in [-0.05, 0) is 40.9 Å². The van der Waals surface area contributed by atoms with Crippen LogP contribution in [0.1, 0.15) is 37.6 Å². The molecule has 8 heteroatoms. The van der Waals surface area contributed by atoms with Gasteiger partial charge in [0.1, 0.15) is 0 Å². The molecule has 2 atom stereocenters. The van der Waals surface area contributed by atoms with Crippen molar-refractivity contribution in [2.24, 2.45) is 11.1 Å². The van der Waals surface area contributed by atoms with E-state index in [2.05, 4.69) is 21.2 Å². The molecule has 1 aromatic carbocycles. The van der Waals surface area contributed by atoms with E-state index < -0.39 is 15.9 Å². The Morgan fingerprint density at radius 3 is 2.48 bits per heavy atom. The molecule has 3 N–H and O–H groups in total. The highest BCUT2D eigenvalue weighted by Crippen LogP contribution is 2.28. The van der Waals surface area contributed by atoms with Crippen molar-refractivity contribution in [2.75, 3.05) is 0 Å². The van der Waals surface area contributed by atoms with E-state index in [4.69, 9.17) is 16.7 Å². The van der Waals surface area contributed by atoms with Crippen molar-refractivity contribution in [3.63, 3.8) is 0 Å². The lowest BCUT2D eigenvalue weighted by Gasteiger charge is -2.20. The van der Waals surface area contributed by atoms with Gasteiger partial charge in [0.25, 0.3) is 5.91 Å². The molecule has 1 aromatic rings. The van der Waals surface area contributed by atoms with Gasteiger partial charge < -0.3 is 5.32 Å². The summed E-state index contributed by atoms with van der Waals surface area (Å²) in [6.07, 6.45) is 0.915. The number of carbonyl (C=O) groups excluding carboxylic acids is 1. The molecule has 0 aliphatic heterocycles. The molecule has 0 heterocycles. The second-order valence-corrected chi connectivity index (χ2v) is 7.75. The summed E-state index contributed by atoms with van der Waals surface area (Å²) in [4.78, 5) is 12.1. The molecule has 0 spiro atoms. The Bertz CT molecular complexity index is 649. The molecule has 21 heavy (non-hydrogen) atoms. The molecule has 0 fully saturated rings. The van der Waals surface area contributed by atoms with Crippen LogP contribution in [0.25, 0.3) is 0 Å². The largest absolute Gasteiger partial charge is 0.349 e. The first-order valence-corrected chi connectivity index (χ1v) is 9.12. The van der Waals surface area contributed by atoms with E-state index in [1.807, 2.05) is 20.8 Å². The fraction of sp³-hybridized carbons (Fsp3) is 0.462. The van der Waals surface area contributed by atoms with Crippen LogP contribution in [0.5, 0.6) is 0 Å². The Balaban J connectivity index is 3.16. The van der Waals surface area contributed by atoms with E-state index in [0.29, 0.717) is 5.92 Å². The van der Waals surface area contributed by atoms with Gasteiger partial charge in [0, 0.05) is 10.5 Å². The third kappa shape index (κ3) is 4.67. The molecule has 1 amide bonds. The number of primary sulfonamides is 1. The summed E-state index contributed by atoms with van der Waals surface area (Å²) in [5.41, 5.74) is 0.0824. The summed E-state index contributed by atoms with van der Waals surface area (Å²) in [5.74, 6) is -0.133. The van der Waals surface area contributed by atoms with E-state index >= 15 is 0 Å². The number of nitrogens with two attached hydrogens (primary N) is 1. The summed E-state index contributed by atoms with van der Waals surface area (Å²) < 4.78 is 23.2. The van der Waals surface area contributed by atoms with E-state index in [0.717, 1.165) is 6.42 Å². The molecule has 5 nitrogen and oxygen atoms in total. The highest BCUT2D eigenvalue weighted by Gasteiger charge is 2.21. The van der Waals surface area contributed by atoms with Crippen LogP contribution in [0.2, 0.25) is 5.02 Å². The van der Waals surface area contributed by atoms with Crippen LogP contribution in [0.15, 0.2) is 21.5 Å². The van der Waals surface area contributed by atoms with Crippen LogP contribution in [0, 0.1) is 5.92 Å². The predicted octanol–water partition coefficient (Wildman–Crippen LogP) is 2.91. The van der Waals surface area contributed by atoms with Gasteiger partial charge in [0.2, 0.25) is 10.0 Å². The molecule has 0 aliphatic rings. The van der Waals surface area contributed by atoms with Crippen molar-refractivity contribution in [1.82, 2.24) is 5.32 Å². The number of hydrogen-bond acceptors (Lipinski definition) is 3. The van der Waals surface area contributed by atoms with Crippen molar-refractivity contribution in [3.8, 4) is 0 Å². The van der Waals surface area contributed by atoms with Crippen LogP contribution in [0.3, 0.4) is 0 Å². The number of rotatable bonds is 5. The minimum Gasteiger partial charge on any atom is -0.349 e. The third-order valence-electron chi connectivity index (χ3n) is 3.43. The van der Waals surface area contributed by atoms with Gasteiger partial charge in [0.05, 0.1) is 15.5 Å². The van der Waals surface area contributed by atoms with Gasteiger partial charge in [-0.15, -0.1) is 0 Å². The minimum absolute atomic E-state index is 0.0554. The third-order valence-corrected chi connectivity index (χ3v) is 5.61. The van der Waals surface area contributed by atoms with Crippen molar-refractivity contribution in [2.45, 2.75) is 38.1 Å². The summed E-state index contributed by atoms with van der Waals surface area (Å²) in [5, 5.41) is 8.08. The number of benzene rings is 1. The molecular weight excluding hydrogens is 380 g/mol. The second kappa shape index (κ2) is 7.09. The average Bonchev–Trinajstić information content (AvgIpc) is 2.35. The maximum atomic E-state index is 12.2. The summed E-state index contributed by atoms with van der Waals surface area (Å²) in [6.45, 7) is 5.93. The van der Waals surface area contributed by atoms with Crippen LogP contribution in [-0.4, -0.2) is 20.4 Å². The number of halogens is 2. The van der Waals surface area contributed by atoms with E-state index in [9.17, 15) is 13.2 Å². The smallest absolute Gasteiger partial charge is 0.253 e. The van der Waals surface area contributed by atoms with Crippen LogP contribution in [0.4, 0.5) is 0 Å². The zero-order chi connectivity index (χ0) is 16.4. The molecule has 0 aliphatic carbocycles. The Kier molecular flexibility index (Phi) is 6.22. The zero-order valence-corrected chi connectivity index (χ0v) is 15.1. The predicted molar refractivity (Wildman–Crippen MR) is 86.9 cm³/mol. The maximum Gasteiger partial charge on any atom is 0.253 e. The molecular formula is C13H18BrClN2O3S. The normalized spacial score (nSPS) is 14.6. The molecule has 1 rings (SSSR count). The van der Waals surface area contributed by atoms with Gasteiger partial charge in [-0.3, -0.25) is 4.79 Å². The number of nitrogens with one attached hydrogen (secondary N) is 1. The monoisotopic (exact) mass is 396 g/mol. The highest BCUT2D eigenvalue weighted by atomic mass is 79.9. The SMILES string of the molecule is CCC(C)C(C)NC(=O)c1cc(S(N)(=O)=O)c(Br)cc1Cl. The lowest BCUT2D eigenvalue weighted by atomic mass is 10.0. The maximum absolute atomic E-state index is 12.2. The van der Waals surface area contributed by atoms with E-state index in [1.165, 1.54) is 12.1 Å². The molecule has 0 saturated heterocycles. The molecule has 0 radical (unpaired) electrons. The molecule has 118 valence electrons. The topological polar surface area (TPSA) is 89.3 Å². The standard InChI is InChI=1S/C13H18BrClN2O3S/c1-4-7(2)8(3)17-13(18)9-5-12(21(16,19)20)10(14)6-11(9)15/h5-8H,4H2,1-3H3,(H,17,18)(H2,16,19,20). The summed E-state index contributed by atoms with van der Waals surface area (Å²) in [7, 11) is -3.94. The van der Waals surface area contributed by atoms with Gasteiger partial charge in [-0.25, -0.2) is 13.6 Å². The first kappa shape index (κ1) is 18.4. The Morgan fingerprint density at radius 1 is 1.43 bits per heavy atom. The van der Waals surface area contributed by atoms with Crippen LogP contribution < -0.4 is 10.5 Å². The number of sulfonamides is 1. The van der Waals surface area contributed by atoms with Gasteiger partial charge in [0.15, 0.2) is 0 Å². The molecule has 0 bridgehead atoms. The zero-order valence-electron chi connectivity index (χ0n) is 12.0. The second-order valence-electron chi connectivity index (χ2n) is 4.96. The van der Waals surface area contributed by atoms with Crippen molar-refractivity contribution >= 4 is 43.5 Å². The molecule has 0 aromatic heterocycles.